The van der Waals surface area contributed by atoms with E-state index in [2.05, 4.69) is 10.6 Å². The third kappa shape index (κ3) is 3.28. The van der Waals surface area contributed by atoms with E-state index >= 15 is 0 Å². The highest BCUT2D eigenvalue weighted by molar-refractivity contribution is 8.00. The van der Waals surface area contributed by atoms with Gasteiger partial charge in [0.05, 0.1) is 21.5 Å². The summed E-state index contributed by atoms with van der Waals surface area (Å²) in [6.45, 7) is 0.569. The van der Waals surface area contributed by atoms with E-state index in [1.807, 2.05) is 30.3 Å². The SMILES string of the molecule is O=C1CSc2ccc(NCc3cccc(Cl)c3Cl)cc2N1. The molecule has 0 atom stereocenters. The predicted octanol–water partition coefficient (Wildman–Crippen LogP) is 4.65. The van der Waals surface area contributed by atoms with Crippen LogP contribution in [0.4, 0.5) is 11.4 Å². The zero-order valence-corrected chi connectivity index (χ0v) is 13.3. The molecule has 1 heterocycles. The molecule has 0 aromatic heterocycles. The van der Waals surface area contributed by atoms with Crippen molar-refractivity contribution in [1.82, 2.24) is 0 Å². The zero-order chi connectivity index (χ0) is 14.8. The highest BCUT2D eigenvalue weighted by atomic mass is 35.5. The molecular formula is C15H12Cl2N2OS. The number of benzene rings is 2. The molecule has 2 N–H and O–H groups in total. The first-order chi connectivity index (χ1) is 10.1. The lowest BCUT2D eigenvalue weighted by molar-refractivity contribution is -0.113. The topological polar surface area (TPSA) is 41.1 Å². The summed E-state index contributed by atoms with van der Waals surface area (Å²) in [6, 6.07) is 11.5. The largest absolute Gasteiger partial charge is 0.381 e. The van der Waals surface area contributed by atoms with Gasteiger partial charge in [-0.15, -0.1) is 11.8 Å². The summed E-state index contributed by atoms with van der Waals surface area (Å²) in [6.07, 6.45) is 0. The second-order valence-corrected chi connectivity index (χ2v) is 6.42. The minimum absolute atomic E-state index is 0.0301. The van der Waals surface area contributed by atoms with E-state index in [0.29, 0.717) is 22.3 Å². The standard InChI is InChI=1S/C15H12Cl2N2OS/c16-11-3-1-2-9(15(11)17)7-18-10-4-5-13-12(6-10)19-14(20)8-21-13/h1-6,18H,7-8H2,(H,19,20). The van der Waals surface area contributed by atoms with Gasteiger partial charge in [0.2, 0.25) is 5.91 Å². The van der Waals surface area contributed by atoms with Crippen molar-refractivity contribution < 1.29 is 4.79 Å². The Morgan fingerprint density at radius 3 is 2.95 bits per heavy atom. The van der Waals surface area contributed by atoms with Crippen LogP contribution in [-0.2, 0) is 11.3 Å². The van der Waals surface area contributed by atoms with E-state index in [4.69, 9.17) is 23.2 Å². The number of amides is 1. The Morgan fingerprint density at radius 2 is 2.10 bits per heavy atom. The molecule has 0 bridgehead atoms. The molecule has 2 aromatic rings. The molecule has 21 heavy (non-hydrogen) atoms. The maximum atomic E-state index is 11.4. The normalized spacial score (nSPS) is 13.5. The molecule has 0 saturated carbocycles. The lowest BCUT2D eigenvalue weighted by Crippen LogP contribution is -2.18. The third-order valence-electron chi connectivity index (χ3n) is 3.13. The molecule has 0 fully saturated rings. The van der Waals surface area contributed by atoms with Gasteiger partial charge in [-0.1, -0.05) is 35.3 Å². The van der Waals surface area contributed by atoms with Gasteiger partial charge in [0, 0.05) is 17.1 Å². The minimum Gasteiger partial charge on any atom is -0.381 e. The maximum absolute atomic E-state index is 11.4. The van der Waals surface area contributed by atoms with Crippen LogP contribution in [0.2, 0.25) is 10.0 Å². The van der Waals surface area contributed by atoms with Gasteiger partial charge in [-0.05, 0) is 29.8 Å². The molecule has 2 aromatic carbocycles. The molecule has 3 nitrogen and oxygen atoms in total. The van der Waals surface area contributed by atoms with Crippen LogP contribution in [0.25, 0.3) is 0 Å². The molecule has 1 aliphatic rings. The Bertz CT molecular complexity index is 706. The molecule has 108 valence electrons. The van der Waals surface area contributed by atoms with Gasteiger partial charge >= 0.3 is 0 Å². The second-order valence-electron chi connectivity index (χ2n) is 4.61. The van der Waals surface area contributed by atoms with Gasteiger partial charge in [0.25, 0.3) is 0 Å². The second kappa shape index (κ2) is 6.18. The van der Waals surface area contributed by atoms with Crippen LogP contribution >= 0.6 is 35.0 Å². The number of hydrogen-bond acceptors (Lipinski definition) is 3. The van der Waals surface area contributed by atoms with Gasteiger partial charge in [0.15, 0.2) is 0 Å². The van der Waals surface area contributed by atoms with Crippen molar-refractivity contribution in [1.29, 1.82) is 0 Å². The van der Waals surface area contributed by atoms with Gasteiger partial charge in [-0.3, -0.25) is 4.79 Å². The van der Waals surface area contributed by atoms with Gasteiger partial charge < -0.3 is 10.6 Å². The first kappa shape index (κ1) is 14.6. The molecule has 6 heteroatoms. The summed E-state index contributed by atoms with van der Waals surface area (Å²) in [5.41, 5.74) is 2.70. The fraction of sp³-hybridized carbons (Fsp3) is 0.133. The quantitative estimate of drug-likeness (QED) is 0.855. The average Bonchev–Trinajstić information content (AvgIpc) is 2.48. The van der Waals surface area contributed by atoms with E-state index in [9.17, 15) is 4.79 Å². The van der Waals surface area contributed by atoms with E-state index in [1.54, 1.807) is 17.8 Å². The Hall–Kier alpha value is -1.36. The van der Waals surface area contributed by atoms with E-state index in [0.717, 1.165) is 21.8 Å². The van der Waals surface area contributed by atoms with Crippen molar-refractivity contribution in [3.8, 4) is 0 Å². The number of nitrogens with one attached hydrogen (secondary N) is 2. The molecule has 0 radical (unpaired) electrons. The average molecular weight is 339 g/mol. The lowest BCUT2D eigenvalue weighted by Gasteiger charge is -2.17. The first-order valence-electron chi connectivity index (χ1n) is 6.37. The molecule has 0 saturated heterocycles. The van der Waals surface area contributed by atoms with Crippen LogP contribution in [-0.4, -0.2) is 11.7 Å². The van der Waals surface area contributed by atoms with Crippen LogP contribution in [0.5, 0.6) is 0 Å². The molecular weight excluding hydrogens is 327 g/mol. The van der Waals surface area contributed by atoms with Gasteiger partial charge in [0.1, 0.15) is 0 Å². The molecule has 1 aliphatic heterocycles. The molecule has 3 rings (SSSR count). The van der Waals surface area contributed by atoms with E-state index in [-0.39, 0.29) is 5.91 Å². The number of halogens is 2. The summed E-state index contributed by atoms with van der Waals surface area (Å²) in [5.74, 6) is 0.500. The molecule has 0 spiro atoms. The number of thioether (sulfide) groups is 1. The van der Waals surface area contributed by atoms with E-state index in [1.165, 1.54) is 0 Å². The molecule has 0 unspecified atom stereocenters. The van der Waals surface area contributed by atoms with Gasteiger partial charge in [-0.2, -0.15) is 0 Å². The van der Waals surface area contributed by atoms with Crippen molar-refractivity contribution in [3.05, 3.63) is 52.0 Å². The summed E-state index contributed by atoms with van der Waals surface area (Å²) < 4.78 is 0. The summed E-state index contributed by atoms with van der Waals surface area (Å²) in [7, 11) is 0. The third-order valence-corrected chi connectivity index (χ3v) is 5.06. The molecule has 1 amide bonds. The first-order valence-corrected chi connectivity index (χ1v) is 8.11. The predicted molar refractivity (Wildman–Crippen MR) is 89.6 cm³/mol. The molecule has 0 aliphatic carbocycles. The summed E-state index contributed by atoms with van der Waals surface area (Å²) in [4.78, 5) is 12.5. The number of rotatable bonds is 3. The fourth-order valence-electron chi connectivity index (χ4n) is 2.08. The zero-order valence-electron chi connectivity index (χ0n) is 11.0. The number of carbonyl (C=O) groups excluding carboxylic acids is 1. The fourth-order valence-corrected chi connectivity index (χ4v) is 3.25. The summed E-state index contributed by atoms with van der Waals surface area (Å²) >= 11 is 13.7. The number of anilines is 2. The van der Waals surface area contributed by atoms with Crippen LogP contribution < -0.4 is 10.6 Å². The van der Waals surface area contributed by atoms with Crippen molar-refractivity contribution >= 4 is 52.2 Å². The van der Waals surface area contributed by atoms with Crippen LogP contribution in [0.15, 0.2) is 41.3 Å². The van der Waals surface area contributed by atoms with Crippen molar-refractivity contribution in [2.45, 2.75) is 11.4 Å². The van der Waals surface area contributed by atoms with Crippen molar-refractivity contribution in [3.63, 3.8) is 0 Å². The Labute approximate surface area is 137 Å². The summed E-state index contributed by atoms with van der Waals surface area (Å²) in [5, 5.41) is 7.27. The highest BCUT2D eigenvalue weighted by Gasteiger charge is 2.15. The number of hydrogen-bond donors (Lipinski definition) is 2. The number of carbonyl (C=O) groups is 1. The van der Waals surface area contributed by atoms with Crippen LogP contribution in [0.3, 0.4) is 0 Å². The highest BCUT2D eigenvalue weighted by Crippen LogP contribution is 2.33. The van der Waals surface area contributed by atoms with Crippen molar-refractivity contribution in [2.75, 3.05) is 16.4 Å². The van der Waals surface area contributed by atoms with Gasteiger partial charge in [-0.25, -0.2) is 0 Å². The van der Waals surface area contributed by atoms with E-state index < -0.39 is 0 Å². The lowest BCUT2D eigenvalue weighted by atomic mass is 10.2. The van der Waals surface area contributed by atoms with Crippen LogP contribution in [0, 0.1) is 0 Å². The number of fused-ring (bicyclic) bond motifs is 1. The Kier molecular flexibility index (Phi) is 4.29. The maximum Gasteiger partial charge on any atom is 0.234 e. The Morgan fingerprint density at radius 1 is 1.24 bits per heavy atom. The monoisotopic (exact) mass is 338 g/mol. The Balaban J connectivity index is 1.75. The van der Waals surface area contributed by atoms with Crippen molar-refractivity contribution in [2.24, 2.45) is 0 Å². The smallest absolute Gasteiger partial charge is 0.234 e. The minimum atomic E-state index is 0.0301. The van der Waals surface area contributed by atoms with Crippen LogP contribution in [0.1, 0.15) is 5.56 Å².